The lowest BCUT2D eigenvalue weighted by molar-refractivity contribution is -1.02. The van der Waals surface area contributed by atoms with Gasteiger partial charge in [-0.3, -0.25) is 4.79 Å². The van der Waals surface area contributed by atoms with E-state index in [0.29, 0.717) is 24.3 Å². The number of hydrogen-bond acceptors (Lipinski definition) is 1. The van der Waals surface area contributed by atoms with E-state index in [2.05, 4.69) is 5.32 Å². The molecule has 4 nitrogen and oxygen atoms in total. The van der Waals surface area contributed by atoms with Gasteiger partial charge in [-0.25, -0.2) is 4.39 Å². The molecule has 1 amide bonds. The zero-order valence-electron chi connectivity index (χ0n) is 15.3. The fourth-order valence-electron chi connectivity index (χ4n) is 3.42. The van der Waals surface area contributed by atoms with Gasteiger partial charge in [0, 0.05) is 11.3 Å². The highest BCUT2D eigenvalue weighted by molar-refractivity contribution is 5.91. The highest BCUT2D eigenvalue weighted by Gasteiger charge is 2.31. The SMILES string of the molecule is O=C(C[NH+]1CC[NH+](Cc2cccc(C(F)(F)F)c2)CC1)Nc1ccc(F)cc1. The highest BCUT2D eigenvalue weighted by atomic mass is 19.4. The molecule has 0 bridgehead atoms. The molecular formula is C20H23F4N3O+2. The number of alkyl halides is 3. The zero-order valence-corrected chi connectivity index (χ0v) is 15.3. The molecule has 0 unspecified atom stereocenters. The molecule has 0 aromatic heterocycles. The van der Waals surface area contributed by atoms with Gasteiger partial charge in [-0.15, -0.1) is 0 Å². The molecule has 28 heavy (non-hydrogen) atoms. The molecule has 1 aliphatic heterocycles. The number of anilines is 1. The molecule has 2 aromatic rings. The summed E-state index contributed by atoms with van der Waals surface area (Å²) in [5.74, 6) is -0.494. The molecule has 0 atom stereocenters. The van der Waals surface area contributed by atoms with Crippen LogP contribution in [0.1, 0.15) is 11.1 Å². The number of rotatable bonds is 5. The average molecular weight is 397 g/mol. The maximum absolute atomic E-state index is 12.9. The minimum Gasteiger partial charge on any atom is -0.322 e. The van der Waals surface area contributed by atoms with Crippen molar-refractivity contribution in [1.82, 2.24) is 0 Å². The van der Waals surface area contributed by atoms with Gasteiger partial charge in [0.15, 0.2) is 6.54 Å². The number of piperazine rings is 1. The molecule has 1 aliphatic rings. The quantitative estimate of drug-likeness (QED) is 0.641. The molecular weight excluding hydrogens is 374 g/mol. The van der Waals surface area contributed by atoms with E-state index >= 15 is 0 Å². The Kier molecular flexibility index (Phi) is 6.31. The Labute approximate surface area is 160 Å². The normalized spacial score (nSPS) is 20.0. The Balaban J connectivity index is 1.45. The molecule has 3 N–H and O–H groups in total. The first kappa shape index (κ1) is 20.3. The summed E-state index contributed by atoms with van der Waals surface area (Å²) in [6.07, 6.45) is -4.33. The molecule has 1 fully saturated rings. The molecule has 2 aromatic carbocycles. The van der Waals surface area contributed by atoms with Crippen LogP contribution in [-0.4, -0.2) is 38.6 Å². The van der Waals surface area contributed by atoms with E-state index in [9.17, 15) is 22.4 Å². The van der Waals surface area contributed by atoms with Gasteiger partial charge in [0.2, 0.25) is 0 Å². The lowest BCUT2D eigenvalue weighted by atomic mass is 10.1. The smallest absolute Gasteiger partial charge is 0.322 e. The number of quaternary nitrogens is 2. The highest BCUT2D eigenvalue weighted by Crippen LogP contribution is 2.29. The van der Waals surface area contributed by atoms with Crippen molar-refractivity contribution in [2.24, 2.45) is 0 Å². The van der Waals surface area contributed by atoms with E-state index in [1.807, 2.05) is 0 Å². The van der Waals surface area contributed by atoms with Crippen molar-refractivity contribution in [1.29, 1.82) is 0 Å². The largest absolute Gasteiger partial charge is 0.416 e. The summed E-state index contributed by atoms with van der Waals surface area (Å²) in [4.78, 5) is 14.5. The van der Waals surface area contributed by atoms with Crippen LogP contribution in [0.15, 0.2) is 48.5 Å². The van der Waals surface area contributed by atoms with Crippen LogP contribution in [0.2, 0.25) is 0 Å². The number of hydrogen-bond donors (Lipinski definition) is 3. The van der Waals surface area contributed by atoms with Crippen LogP contribution in [0.5, 0.6) is 0 Å². The Morgan fingerprint density at radius 2 is 1.61 bits per heavy atom. The Morgan fingerprint density at radius 1 is 0.964 bits per heavy atom. The summed E-state index contributed by atoms with van der Waals surface area (Å²) in [7, 11) is 0. The summed E-state index contributed by atoms with van der Waals surface area (Å²) in [6, 6.07) is 11.1. The molecule has 8 heteroatoms. The predicted molar refractivity (Wildman–Crippen MR) is 96.4 cm³/mol. The van der Waals surface area contributed by atoms with Crippen LogP contribution in [0.3, 0.4) is 0 Å². The first-order valence-corrected chi connectivity index (χ1v) is 9.18. The van der Waals surface area contributed by atoms with Gasteiger partial charge in [0.1, 0.15) is 38.5 Å². The third-order valence-electron chi connectivity index (χ3n) is 4.91. The number of carbonyl (C=O) groups is 1. The van der Waals surface area contributed by atoms with Crippen LogP contribution in [0.4, 0.5) is 23.2 Å². The third-order valence-corrected chi connectivity index (χ3v) is 4.91. The van der Waals surface area contributed by atoms with Crippen molar-refractivity contribution < 1.29 is 32.2 Å². The minimum atomic E-state index is -4.33. The van der Waals surface area contributed by atoms with Gasteiger partial charge >= 0.3 is 6.18 Å². The topological polar surface area (TPSA) is 38.0 Å². The van der Waals surface area contributed by atoms with Crippen molar-refractivity contribution >= 4 is 11.6 Å². The maximum Gasteiger partial charge on any atom is 0.416 e. The number of nitrogens with one attached hydrogen (secondary N) is 3. The van der Waals surface area contributed by atoms with Gasteiger partial charge in [0.25, 0.3) is 5.91 Å². The minimum absolute atomic E-state index is 0.136. The van der Waals surface area contributed by atoms with Crippen LogP contribution < -0.4 is 15.1 Å². The summed E-state index contributed by atoms with van der Waals surface area (Å²) in [5.41, 5.74) is 0.605. The van der Waals surface area contributed by atoms with Gasteiger partial charge < -0.3 is 15.1 Å². The first-order valence-electron chi connectivity index (χ1n) is 9.18. The predicted octanol–water partition coefficient (Wildman–Crippen LogP) is 0.767. The third kappa shape index (κ3) is 5.77. The molecule has 0 spiro atoms. The first-order chi connectivity index (χ1) is 13.3. The second-order valence-corrected chi connectivity index (χ2v) is 7.11. The lowest BCUT2D eigenvalue weighted by Crippen LogP contribution is -3.28. The van der Waals surface area contributed by atoms with E-state index in [1.165, 1.54) is 41.3 Å². The van der Waals surface area contributed by atoms with Gasteiger partial charge in [0.05, 0.1) is 5.56 Å². The Bertz CT molecular complexity index is 800. The van der Waals surface area contributed by atoms with Crippen LogP contribution >= 0.6 is 0 Å². The number of carbonyl (C=O) groups excluding carboxylic acids is 1. The fraction of sp³-hybridized carbons (Fsp3) is 0.350. The van der Waals surface area contributed by atoms with E-state index in [-0.39, 0.29) is 11.7 Å². The molecule has 0 saturated carbocycles. The molecule has 3 rings (SSSR count). The van der Waals surface area contributed by atoms with Gasteiger partial charge in [-0.1, -0.05) is 12.1 Å². The van der Waals surface area contributed by atoms with E-state index in [1.54, 1.807) is 6.07 Å². The standard InChI is InChI=1S/C20H21F4N3O/c21-17-4-6-18(7-5-17)25-19(28)14-27-10-8-26(9-11-27)13-15-2-1-3-16(12-15)20(22,23)24/h1-7,12H,8-11,13-14H2,(H,25,28)/p+2. The van der Waals surface area contributed by atoms with Crippen LogP contribution in [0.25, 0.3) is 0 Å². The lowest BCUT2D eigenvalue weighted by Gasteiger charge is -2.29. The Hall–Kier alpha value is -2.45. The molecule has 1 saturated heterocycles. The molecule has 1 heterocycles. The average Bonchev–Trinajstić information content (AvgIpc) is 2.65. The number of benzene rings is 2. The van der Waals surface area contributed by atoms with E-state index in [4.69, 9.17) is 0 Å². The summed E-state index contributed by atoms with van der Waals surface area (Å²) < 4.78 is 51.4. The molecule has 0 aliphatic carbocycles. The number of amides is 1. The monoisotopic (exact) mass is 397 g/mol. The van der Waals surface area contributed by atoms with Gasteiger partial charge in [-0.2, -0.15) is 13.2 Å². The second kappa shape index (κ2) is 8.70. The van der Waals surface area contributed by atoms with E-state index in [0.717, 1.165) is 37.1 Å². The van der Waals surface area contributed by atoms with Crippen molar-refractivity contribution in [3.63, 3.8) is 0 Å². The number of halogens is 4. The van der Waals surface area contributed by atoms with Crippen molar-refractivity contribution in [3.8, 4) is 0 Å². The zero-order chi connectivity index (χ0) is 20.1. The van der Waals surface area contributed by atoms with Crippen molar-refractivity contribution in [2.75, 3.05) is 38.0 Å². The molecule has 150 valence electrons. The fourth-order valence-corrected chi connectivity index (χ4v) is 3.42. The maximum atomic E-state index is 12.9. The van der Waals surface area contributed by atoms with Crippen LogP contribution in [-0.2, 0) is 17.5 Å². The second-order valence-electron chi connectivity index (χ2n) is 7.11. The molecule has 0 radical (unpaired) electrons. The summed E-state index contributed by atoms with van der Waals surface area (Å²) >= 11 is 0. The van der Waals surface area contributed by atoms with E-state index < -0.39 is 11.7 Å². The summed E-state index contributed by atoms with van der Waals surface area (Å²) in [5, 5.41) is 2.75. The Morgan fingerprint density at radius 3 is 2.25 bits per heavy atom. The van der Waals surface area contributed by atoms with Gasteiger partial charge in [-0.05, 0) is 36.4 Å². The van der Waals surface area contributed by atoms with Crippen LogP contribution in [0, 0.1) is 5.82 Å². The van der Waals surface area contributed by atoms with Crippen molar-refractivity contribution in [3.05, 3.63) is 65.5 Å². The van der Waals surface area contributed by atoms with Crippen molar-refractivity contribution in [2.45, 2.75) is 12.7 Å². The summed E-state index contributed by atoms with van der Waals surface area (Å²) in [6.45, 7) is 3.97.